The molecule has 0 unspecified atom stereocenters. The van der Waals surface area contributed by atoms with Gasteiger partial charge in [-0.1, -0.05) is 66.2 Å². The molecule has 120 valence electrons. The number of hydrogen-bond acceptors (Lipinski definition) is 2. The van der Waals surface area contributed by atoms with Crippen LogP contribution in [0.25, 0.3) is 11.1 Å². The van der Waals surface area contributed by atoms with Crippen molar-refractivity contribution >= 4 is 28.6 Å². The predicted molar refractivity (Wildman–Crippen MR) is 105 cm³/mol. The van der Waals surface area contributed by atoms with Crippen LogP contribution >= 0.6 is 22.6 Å². The first kappa shape index (κ1) is 16.7. The van der Waals surface area contributed by atoms with Crippen LogP contribution in [0.5, 0.6) is 0 Å². The Balaban J connectivity index is 1.90. The van der Waals surface area contributed by atoms with Gasteiger partial charge in [-0.05, 0) is 58.3 Å². The van der Waals surface area contributed by atoms with E-state index in [0.717, 1.165) is 25.8 Å². The van der Waals surface area contributed by atoms with Crippen LogP contribution in [-0.2, 0) is 11.3 Å². The average Bonchev–Trinajstić information content (AvgIpc) is 2.61. The number of halogens is 1. The van der Waals surface area contributed by atoms with Crippen LogP contribution in [0.4, 0.5) is 0 Å². The standard InChI is InChI=1S/C21H17IO2/c1-15-11-12-18(19(13-15)17-9-5-6-10-20(17)22)21(23)24-14-16-7-3-2-4-8-16/h2-13H,14H2,1H3. The highest BCUT2D eigenvalue weighted by Gasteiger charge is 2.16. The first-order valence-corrected chi connectivity index (χ1v) is 8.79. The zero-order valence-corrected chi connectivity index (χ0v) is 15.5. The lowest BCUT2D eigenvalue weighted by atomic mass is 9.97. The molecule has 3 heteroatoms. The van der Waals surface area contributed by atoms with Gasteiger partial charge in [0.05, 0.1) is 5.56 Å². The first-order valence-electron chi connectivity index (χ1n) is 7.72. The topological polar surface area (TPSA) is 26.3 Å². The van der Waals surface area contributed by atoms with Gasteiger partial charge in [-0.15, -0.1) is 0 Å². The molecule has 0 aliphatic rings. The van der Waals surface area contributed by atoms with Crippen molar-refractivity contribution in [3.05, 3.63) is 93.1 Å². The Morgan fingerprint density at radius 1 is 0.917 bits per heavy atom. The molecule has 0 fully saturated rings. The predicted octanol–water partition coefficient (Wildman–Crippen LogP) is 5.62. The van der Waals surface area contributed by atoms with E-state index in [0.29, 0.717) is 5.56 Å². The number of hydrogen-bond donors (Lipinski definition) is 0. The Hall–Kier alpha value is -2.14. The van der Waals surface area contributed by atoms with Crippen molar-refractivity contribution in [2.45, 2.75) is 13.5 Å². The molecule has 3 aromatic rings. The Labute approximate surface area is 155 Å². The highest BCUT2D eigenvalue weighted by Crippen LogP contribution is 2.29. The second-order valence-corrected chi connectivity index (χ2v) is 6.75. The van der Waals surface area contributed by atoms with Crippen molar-refractivity contribution in [3.8, 4) is 11.1 Å². The van der Waals surface area contributed by atoms with Crippen LogP contribution in [0.3, 0.4) is 0 Å². The smallest absolute Gasteiger partial charge is 0.339 e. The molecule has 0 aliphatic carbocycles. The van der Waals surface area contributed by atoms with E-state index in [1.165, 1.54) is 0 Å². The molecule has 0 spiro atoms. The van der Waals surface area contributed by atoms with Crippen LogP contribution in [0.2, 0.25) is 0 Å². The minimum Gasteiger partial charge on any atom is -0.457 e. The molecule has 3 aromatic carbocycles. The van der Waals surface area contributed by atoms with Gasteiger partial charge in [-0.25, -0.2) is 4.79 Å². The van der Waals surface area contributed by atoms with Crippen LogP contribution < -0.4 is 0 Å². The highest BCUT2D eigenvalue weighted by atomic mass is 127. The molecule has 0 aliphatic heterocycles. The Kier molecular flexibility index (Phi) is 5.30. The summed E-state index contributed by atoms with van der Waals surface area (Å²) >= 11 is 2.29. The minimum atomic E-state index is -0.298. The molecule has 3 rings (SSSR count). The van der Waals surface area contributed by atoms with Crippen LogP contribution in [-0.4, -0.2) is 5.97 Å². The number of benzene rings is 3. The molecule has 0 saturated heterocycles. The molecule has 0 bridgehead atoms. The quantitative estimate of drug-likeness (QED) is 0.398. The number of carbonyl (C=O) groups is 1. The van der Waals surface area contributed by atoms with Gasteiger partial charge in [-0.2, -0.15) is 0 Å². The van der Waals surface area contributed by atoms with Crippen molar-refractivity contribution in [2.24, 2.45) is 0 Å². The molecular formula is C21H17IO2. The molecule has 0 heterocycles. The fourth-order valence-corrected chi connectivity index (χ4v) is 3.22. The molecule has 0 saturated carbocycles. The third-order valence-electron chi connectivity index (χ3n) is 3.77. The van der Waals surface area contributed by atoms with E-state index in [4.69, 9.17) is 4.74 Å². The maximum atomic E-state index is 12.6. The molecular weight excluding hydrogens is 411 g/mol. The van der Waals surface area contributed by atoms with E-state index >= 15 is 0 Å². The average molecular weight is 428 g/mol. The molecule has 0 amide bonds. The number of esters is 1. The lowest BCUT2D eigenvalue weighted by molar-refractivity contribution is 0.0473. The summed E-state index contributed by atoms with van der Waals surface area (Å²) < 4.78 is 6.62. The Bertz CT molecular complexity index is 857. The molecule has 0 atom stereocenters. The van der Waals surface area contributed by atoms with Gasteiger partial charge in [0.2, 0.25) is 0 Å². The SMILES string of the molecule is Cc1ccc(C(=O)OCc2ccccc2)c(-c2ccccc2I)c1. The number of carbonyl (C=O) groups excluding carboxylic acids is 1. The van der Waals surface area contributed by atoms with Crippen molar-refractivity contribution < 1.29 is 9.53 Å². The van der Waals surface area contributed by atoms with Crippen LogP contribution in [0, 0.1) is 10.5 Å². The van der Waals surface area contributed by atoms with Gasteiger partial charge >= 0.3 is 5.97 Å². The maximum absolute atomic E-state index is 12.6. The summed E-state index contributed by atoms with van der Waals surface area (Å²) in [5, 5.41) is 0. The number of rotatable bonds is 4. The summed E-state index contributed by atoms with van der Waals surface area (Å²) in [5.74, 6) is -0.298. The number of ether oxygens (including phenoxy) is 1. The first-order chi connectivity index (χ1) is 11.6. The van der Waals surface area contributed by atoms with Crippen molar-refractivity contribution in [3.63, 3.8) is 0 Å². The monoisotopic (exact) mass is 428 g/mol. The van der Waals surface area contributed by atoms with E-state index in [2.05, 4.69) is 22.6 Å². The summed E-state index contributed by atoms with van der Waals surface area (Å²) in [6, 6.07) is 23.6. The van der Waals surface area contributed by atoms with Crippen molar-refractivity contribution in [1.29, 1.82) is 0 Å². The molecule has 2 nitrogen and oxygen atoms in total. The summed E-state index contributed by atoms with van der Waals surface area (Å²) in [4.78, 5) is 12.6. The summed E-state index contributed by atoms with van der Waals surface area (Å²) in [5.41, 5.74) is 4.66. The van der Waals surface area contributed by atoms with E-state index in [1.807, 2.05) is 79.7 Å². The van der Waals surface area contributed by atoms with E-state index in [9.17, 15) is 4.79 Å². The largest absolute Gasteiger partial charge is 0.457 e. The van der Waals surface area contributed by atoms with Gasteiger partial charge in [-0.3, -0.25) is 0 Å². The Morgan fingerprint density at radius 3 is 2.38 bits per heavy atom. The van der Waals surface area contributed by atoms with E-state index < -0.39 is 0 Å². The maximum Gasteiger partial charge on any atom is 0.339 e. The van der Waals surface area contributed by atoms with E-state index in [1.54, 1.807) is 0 Å². The van der Waals surface area contributed by atoms with Crippen LogP contribution in [0.1, 0.15) is 21.5 Å². The molecule has 0 radical (unpaired) electrons. The highest BCUT2D eigenvalue weighted by molar-refractivity contribution is 14.1. The third-order valence-corrected chi connectivity index (χ3v) is 4.71. The third kappa shape index (κ3) is 3.85. The summed E-state index contributed by atoms with van der Waals surface area (Å²) in [6.45, 7) is 2.30. The molecule has 0 N–H and O–H groups in total. The second-order valence-electron chi connectivity index (χ2n) is 5.59. The zero-order chi connectivity index (χ0) is 16.9. The fraction of sp³-hybridized carbons (Fsp3) is 0.0952. The van der Waals surface area contributed by atoms with Gasteiger partial charge in [0.1, 0.15) is 6.61 Å². The lowest BCUT2D eigenvalue weighted by Gasteiger charge is -2.12. The normalized spacial score (nSPS) is 10.4. The minimum absolute atomic E-state index is 0.277. The van der Waals surface area contributed by atoms with Crippen molar-refractivity contribution in [1.82, 2.24) is 0 Å². The van der Waals surface area contributed by atoms with Gasteiger partial charge in [0.15, 0.2) is 0 Å². The number of aryl methyl sites for hydroxylation is 1. The lowest BCUT2D eigenvalue weighted by Crippen LogP contribution is -2.07. The summed E-state index contributed by atoms with van der Waals surface area (Å²) in [6.07, 6.45) is 0. The van der Waals surface area contributed by atoms with E-state index in [-0.39, 0.29) is 12.6 Å². The van der Waals surface area contributed by atoms with Gasteiger partial charge in [0, 0.05) is 3.57 Å². The second kappa shape index (κ2) is 7.62. The fourth-order valence-electron chi connectivity index (χ4n) is 2.54. The molecule has 24 heavy (non-hydrogen) atoms. The van der Waals surface area contributed by atoms with Gasteiger partial charge in [0.25, 0.3) is 0 Å². The van der Waals surface area contributed by atoms with Crippen LogP contribution in [0.15, 0.2) is 72.8 Å². The molecule has 0 aromatic heterocycles. The van der Waals surface area contributed by atoms with Crippen molar-refractivity contribution in [2.75, 3.05) is 0 Å². The summed E-state index contributed by atoms with van der Waals surface area (Å²) in [7, 11) is 0. The van der Waals surface area contributed by atoms with Gasteiger partial charge < -0.3 is 4.74 Å². The Morgan fingerprint density at radius 2 is 1.62 bits per heavy atom. The zero-order valence-electron chi connectivity index (χ0n) is 13.3.